The lowest BCUT2D eigenvalue weighted by molar-refractivity contribution is 0.819. The molecular weight excluding hydrogens is 322 g/mol. The van der Waals surface area contributed by atoms with Gasteiger partial charge in [0, 0.05) is 11.6 Å². The largest absolute Gasteiger partial charge is 0.324 e. The van der Waals surface area contributed by atoms with Gasteiger partial charge in [0.05, 0.1) is 28.4 Å². The molecule has 0 amide bonds. The average Bonchev–Trinajstić information content (AvgIpc) is 3.11. The molecule has 0 aliphatic carbocycles. The Labute approximate surface area is 151 Å². The highest BCUT2D eigenvalue weighted by Crippen LogP contribution is 2.25. The van der Waals surface area contributed by atoms with Gasteiger partial charge in [0.25, 0.3) is 0 Å². The van der Waals surface area contributed by atoms with Crippen molar-refractivity contribution >= 4 is 11.0 Å². The molecule has 0 bridgehead atoms. The van der Waals surface area contributed by atoms with Crippen LogP contribution in [0.15, 0.2) is 67.0 Å². The third kappa shape index (κ3) is 2.73. The number of nitriles is 1. The highest BCUT2D eigenvalue weighted by molar-refractivity contribution is 5.78. The molecule has 0 radical (unpaired) electrons. The molecule has 4 rings (SSSR count). The Kier molecular flexibility index (Phi) is 3.96. The van der Waals surface area contributed by atoms with Gasteiger partial charge in [0.2, 0.25) is 0 Å². The molecule has 0 aliphatic heterocycles. The minimum absolute atomic E-state index is 0.0338. The molecule has 0 aliphatic rings. The number of benzene rings is 2. The summed E-state index contributed by atoms with van der Waals surface area (Å²) in [4.78, 5) is 9.24. The van der Waals surface area contributed by atoms with Gasteiger partial charge in [-0.2, -0.15) is 5.26 Å². The first kappa shape index (κ1) is 16.0. The number of hydrogen-bond acceptors (Lipinski definition) is 4. The number of fused-ring (bicyclic) bond motifs is 1. The summed E-state index contributed by atoms with van der Waals surface area (Å²) in [6.07, 6.45) is 1.76. The zero-order valence-electron chi connectivity index (χ0n) is 14.3. The standard InChI is InChI=1S/C21H17N5/c1-14(23)15-9-10-20-19(11-15)24-13-26(20)21-8-4-7-18(25-21)17-6-3-2-5-16(17)12-22/h2-11,13-14H,23H2,1H3/t14-/m1/s1. The molecule has 0 fully saturated rings. The van der Waals surface area contributed by atoms with Gasteiger partial charge in [0.15, 0.2) is 0 Å². The lowest BCUT2D eigenvalue weighted by atomic mass is 10.1. The second-order valence-electron chi connectivity index (χ2n) is 6.19. The van der Waals surface area contributed by atoms with Crippen molar-refractivity contribution in [2.75, 3.05) is 0 Å². The van der Waals surface area contributed by atoms with Gasteiger partial charge < -0.3 is 5.73 Å². The predicted octanol–water partition coefficient (Wildman–Crippen LogP) is 3.98. The van der Waals surface area contributed by atoms with Crippen LogP contribution in [0.1, 0.15) is 24.1 Å². The van der Waals surface area contributed by atoms with Crippen LogP contribution in [0.2, 0.25) is 0 Å². The molecule has 5 heteroatoms. The van der Waals surface area contributed by atoms with Crippen LogP contribution in [0.3, 0.4) is 0 Å². The average molecular weight is 339 g/mol. The Morgan fingerprint density at radius 2 is 1.92 bits per heavy atom. The van der Waals surface area contributed by atoms with E-state index in [1.165, 1.54) is 0 Å². The van der Waals surface area contributed by atoms with Crippen molar-refractivity contribution in [3.8, 4) is 23.1 Å². The number of hydrogen-bond donors (Lipinski definition) is 1. The summed E-state index contributed by atoms with van der Waals surface area (Å²) in [5, 5.41) is 9.34. The van der Waals surface area contributed by atoms with E-state index in [0.717, 1.165) is 33.7 Å². The van der Waals surface area contributed by atoms with Crippen LogP contribution in [0.5, 0.6) is 0 Å². The third-order valence-electron chi connectivity index (χ3n) is 4.40. The minimum Gasteiger partial charge on any atom is -0.324 e. The quantitative estimate of drug-likeness (QED) is 0.612. The lowest BCUT2D eigenvalue weighted by Crippen LogP contribution is -2.04. The molecule has 2 heterocycles. The van der Waals surface area contributed by atoms with E-state index >= 15 is 0 Å². The van der Waals surface area contributed by atoms with Gasteiger partial charge in [-0.3, -0.25) is 4.57 Å². The van der Waals surface area contributed by atoms with E-state index in [-0.39, 0.29) is 6.04 Å². The topological polar surface area (TPSA) is 80.5 Å². The zero-order valence-corrected chi connectivity index (χ0v) is 14.3. The molecule has 0 spiro atoms. The van der Waals surface area contributed by atoms with Gasteiger partial charge in [-0.05, 0) is 42.8 Å². The zero-order chi connectivity index (χ0) is 18.1. The number of aromatic nitrogens is 3. The molecule has 2 aromatic carbocycles. The van der Waals surface area contributed by atoms with E-state index in [1.807, 2.05) is 66.1 Å². The summed E-state index contributed by atoms with van der Waals surface area (Å²) < 4.78 is 1.94. The Morgan fingerprint density at radius 1 is 1.08 bits per heavy atom. The highest BCUT2D eigenvalue weighted by atomic mass is 15.1. The maximum atomic E-state index is 9.34. The Balaban J connectivity index is 1.83. The molecule has 26 heavy (non-hydrogen) atoms. The Morgan fingerprint density at radius 3 is 2.73 bits per heavy atom. The maximum Gasteiger partial charge on any atom is 0.139 e. The van der Waals surface area contributed by atoms with E-state index in [0.29, 0.717) is 5.56 Å². The van der Waals surface area contributed by atoms with E-state index in [1.54, 1.807) is 12.4 Å². The molecule has 4 aromatic rings. The van der Waals surface area contributed by atoms with E-state index in [9.17, 15) is 5.26 Å². The summed E-state index contributed by atoms with van der Waals surface area (Å²) in [7, 11) is 0. The number of nitrogens with zero attached hydrogens (tertiary/aromatic N) is 4. The van der Waals surface area contributed by atoms with Gasteiger partial charge >= 0.3 is 0 Å². The molecule has 1 atom stereocenters. The first-order valence-electron chi connectivity index (χ1n) is 8.37. The van der Waals surface area contributed by atoms with Crippen molar-refractivity contribution in [2.24, 2.45) is 5.73 Å². The normalized spacial score (nSPS) is 12.0. The lowest BCUT2D eigenvalue weighted by Gasteiger charge is -2.09. The van der Waals surface area contributed by atoms with Crippen LogP contribution in [0.25, 0.3) is 28.1 Å². The SMILES string of the molecule is C[C@@H](N)c1ccc2c(c1)ncn2-c1cccc(-c2ccccc2C#N)n1. The number of imidazole rings is 1. The fourth-order valence-electron chi connectivity index (χ4n) is 3.01. The van der Waals surface area contributed by atoms with Crippen molar-refractivity contribution in [3.05, 3.63) is 78.1 Å². The van der Waals surface area contributed by atoms with Crippen molar-refractivity contribution in [2.45, 2.75) is 13.0 Å². The number of rotatable bonds is 3. The summed E-state index contributed by atoms with van der Waals surface area (Å²) in [6, 6.07) is 21.5. The minimum atomic E-state index is -0.0338. The van der Waals surface area contributed by atoms with E-state index in [4.69, 9.17) is 10.7 Å². The molecule has 0 saturated carbocycles. The van der Waals surface area contributed by atoms with E-state index < -0.39 is 0 Å². The van der Waals surface area contributed by atoms with Gasteiger partial charge in [-0.1, -0.05) is 30.3 Å². The molecular formula is C21H17N5. The van der Waals surface area contributed by atoms with Crippen LogP contribution in [0.4, 0.5) is 0 Å². The predicted molar refractivity (Wildman–Crippen MR) is 102 cm³/mol. The number of pyridine rings is 1. The van der Waals surface area contributed by atoms with Gasteiger partial charge in [-0.25, -0.2) is 9.97 Å². The molecule has 2 aromatic heterocycles. The van der Waals surface area contributed by atoms with Crippen molar-refractivity contribution in [1.29, 1.82) is 5.26 Å². The Hall–Kier alpha value is -3.49. The van der Waals surface area contributed by atoms with Crippen molar-refractivity contribution in [1.82, 2.24) is 14.5 Å². The van der Waals surface area contributed by atoms with Crippen LogP contribution in [0, 0.1) is 11.3 Å². The summed E-state index contributed by atoms with van der Waals surface area (Å²) >= 11 is 0. The highest BCUT2D eigenvalue weighted by Gasteiger charge is 2.10. The fraction of sp³-hybridized carbons (Fsp3) is 0.0952. The summed E-state index contributed by atoms with van der Waals surface area (Å²) in [5.74, 6) is 0.756. The van der Waals surface area contributed by atoms with Gasteiger partial charge in [-0.15, -0.1) is 0 Å². The molecule has 2 N–H and O–H groups in total. The van der Waals surface area contributed by atoms with Crippen LogP contribution >= 0.6 is 0 Å². The summed E-state index contributed by atoms with van der Waals surface area (Å²) in [6.45, 7) is 1.95. The smallest absolute Gasteiger partial charge is 0.139 e. The first-order valence-corrected chi connectivity index (χ1v) is 8.37. The molecule has 0 unspecified atom stereocenters. The monoisotopic (exact) mass is 339 g/mol. The summed E-state index contributed by atoms with van der Waals surface area (Å²) in [5.41, 5.74) is 11.0. The number of nitrogens with two attached hydrogens (primary N) is 1. The van der Waals surface area contributed by atoms with Crippen molar-refractivity contribution in [3.63, 3.8) is 0 Å². The van der Waals surface area contributed by atoms with Crippen LogP contribution in [-0.2, 0) is 0 Å². The molecule has 0 saturated heterocycles. The van der Waals surface area contributed by atoms with Crippen LogP contribution < -0.4 is 5.73 Å². The van der Waals surface area contributed by atoms with Gasteiger partial charge in [0.1, 0.15) is 12.1 Å². The Bertz CT molecular complexity index is 1130. The fourth-order valence-corrected chi connectivity index (χ4v) is 3.01. The first-order chi connectivity index (χ1) is 12.7. The van der Waals surface area contributed by atoms with E-state index in [2.05, 4.69) is 11.1 Å². The third-order valence-corrected chi connectivity index (χ3v) is 4.40. The second kappa shape index (κ2) is 6.43. The second-order valence-corrected chi connectivity index (χ2v) is 6.19. The molecule has 126 valence electrons. The van der Waals surface area contributed by atoms with Crippen LogP contribution in [-0.4, -0.2) is 14.5 Å². The maximum absolute atomic E-state index is 9.34. The van der Waals surface area contributed by atoms with Crippen molar-refractivity contribution < 1.29 is 0 Å². The molecule has 5 nitrogen and oxygen atoms in total.